The molecule has 3 aliphatic carbocycles. The molecule has 1 heterocycles. The zero-order valence-electron chi connectivity index (χ0n) is 21.6. The number of allylic oxidation sites excluding steroid dienone is 5. The van der Waals surface area contributed by atoms with Gasteiger partial charge >= 0.3 is 0 Å². The first-order valence-electron chi connectivity index (χ1n) is 12.6. The Morgan fingerprint density at radius 3 is 2.24 bits per heavy atom. The molecule has 1 aromatic heterocycles. The van der Waals surface area contributed by atoms with Crippen molar-refractivity contribution in [2.24, 2.45) is 0 Å². The number of ketones is 4. The average molecular weight is 664 g/mol. The summed E-state index contributed by atoms with van der Waals surface area (Å²) >= 11 is 2.01. The van der Waals surface area contributed by atoms with Crippen LogP contribution in [-0.2, 0) is 11.8 Å². The van der Waals surface area contributed by atoms with E-state index < -0.39 is 73.6 Å². The van der Waals surface area contributed by atoms with Gasteiger partial charge in [0.25, 0.3) is 5.56 Å². The predicted octanol–water partition coefficient (Wildman–Crippen LogP) is 3.58. The van der Waals surface area contributed by atoms with Crippen LogP contribution < -0.4 is 10.9 Å². The van der Waals surface area contributed by atoms with Crippen molar-refractivity contribution in [2.75, 3.05) is 7.05 Å². The number of hydrogen-bond acceptors (Lipinski definition) is 9. The highest BCUT2D eigenvalue weighted by Gasteiger charge is 2.62. The lowest BCUT2D eigenvalue weighted by atomic mass is 9.76. The topological polar surface area (TPSA) is 174 Å². The molecule has 0 fully saturated rings. The van der Waals surface area contributed by atoms with Crippen molar-refractivity contribution < 1.29 is 34.5 Å². The van der Waals surface area contributed by atoms with Gasteiger partial charge in [-0.3, -0.25) is 24.0 Å². The number of H-pyrrole nitrogens is 1. The van der Waals surface area contributed by atoms with Crippen molar-refractivity contribution in [3.8, 4) is 17.2 Å². The number of rotatable bonds is 3. The Hall–Kier alpha value is -4.52. The summed E-state index contributed by atoms with van der Waals surface area (Å²) in [6.45, 7) is 1.85. The molecule has 2 aromatic carbocycles. The minimum absolute atomic E-state index is 0.0771. The van der Waals surface area contributed by atoms with E-state index in [1.54, 1.807) is 24.3 Å². The molecule has 41 heavy (non-hydrogen) atoms. The molecule has 0 radical (unpaired) electrons. The lowest BCUT2D eigenvalue weighted by molar-refractivity contribution is 0.0790. The maximum atomic E-state index is 14.1. The van der Waals surface area contributed by atoms with Gasteiger partial charge in [0.2, 0.25) is 5.78 Å². The van der Waals surface area contributed by atoms with Crippen LogP contribution in [0.3, 0.4) is 0 Å². The molecular formula is C30H21IN2O8. The molecule has 0 bridgehead atoms. The third-order valence-electron chi connectivity index (χ3n) is 8.03. The molecule has 5 N–H and O–H groups in total. The monoisotopic (exact) mass is 664 g/mol. The maximum absolute atomic E-state index is 14.1. The van der Waals surface area contributed by atoms with E-state index in [1.165, 1.54) is 7.05 Å². The Morgan fingerprint density at radius 2 is 1.61 bits per heavy atom. The molecule has 11 heteroatoms. The molecule has 1 spiro atoms. The van der Waals surface area contributed by atoms with Crippen molar-refractivity contribution in [2.45, 2.75) is 25.2 Å². The SMILES string of the molecule is C/C=C/C=C/c1cc2c(I)c3c(c(O)c2c(=O)[nH]1)[C@@]1(CC3)C(=O)c2c(O)c3c(c(O)c2C1=O)C(=O)C(NC)=CC3=O. The highest BCUT2D eigenvalue weighted by Crippen LogP contribution is 2.58. The number of Topliss-reactive ketones (excluding diaryl/α,β-unsaturated/α-hetero) is 3. The lowest BCUT2D eigenvalue weighted by Gasteiger charge is -2.23. The van der Waals surface area contributed by atoms with E-state index in [2.05, 4.69) is 10.3 Å². The molecule has 10 nitrogen and oxygen atoms in total. The Bertz CT molecular complexity index is 1980. The predicted molar refractivity (Wildman–Crippen MR) is 157 cm³/mol. The largest absolute Gasteiger partial charge is 0.507 e. The van der Waals surface area contributed by atoms with E-state index in [0.29, 0.717) is 20.2 Å². The van der Waals surface area contributed by atoms with Crippen LogP contribution in [0.5, 0.6) is 17.2 Å². The molecule has 206 valence electrons. The number of aromatic amines is 1. The van der Waals surface area contributed by atoms with Crippen molar-refractivity contribution in [3.05, 3.63) is 89.1 Å². The van der Waals surface area contributed by atoms with E-state index in [4.69, 9.17) is 0 Å². The van der Waals surface area contributed by atoms with Crippen LogP contribution in [0.4, 0.5) is 0 Å². The zero-order chi connectivity index (χ0) is 29.5. The van der Waals surface area contributed by atoms with Gasteiger partial charge in [0.1, 0.15) is 22.7 Å². The fourth-order valence-corrected chi connectivity index (χ4v) is 7.18. The highest BCUT2D eigenvalue weighted by atomic mass is 127. The zero-order valence-corrected chi connectivity index (χ0v) is 23.8. The number of carbonyl (C=O) groups excluding carboxylic acids is 4. The summed E-state index contributed by atoms with van der Waals surface area (Å²) in [5.74, 6) is -5.85. The van der Waals surface area contributed by atoms with E-state index in [-0.39, 0.29) is 29.5 Å². The summed E-state index contributed by atoms with van der Waals surface area (Å²) in [5.41, 5.74) is -4.32. The van der Waals surface area contributed by atoms with Crippen LogP contribution >= 0.6 is 22.6 Å². The number of fused-ring (bicyclic) bond motifs is 5. The molecule has 0 saturated heterocycles. The number of aromatic nitrogens is 1. The van der Waals surface area contributed by atoms with Crippen LogP contribution in [0.2, 0.25) is 0 Å². The number of benzene rings is 2. The first kappa shape index (κ1) is 26.7. The van der Waals surface area contributed by atoms with Gasteiger partial charge in [-0.15, -0.1) is 0 Å². The second kappa shape index (κ2) is 8.99. The molecule has 0 unspecified atom stereocenters. The van der Waals surface area contributed by atoms with E-state index >= 15 is 0 Å². The van der Waals surface area contributed by atoms with Gasteiger partial charge in [-0.2, -0.15) is 0 Å². The van der Waals surface area contributed by atoms with Crippen LogP contribution in [0.1, 0.15) is 71.6 Å². The van der Waals surface area contributed by atoms with Crippen molar-refractivity contribution in [1.29, 1.82) is 0 Å². The number of hydrogen-bond donors (Lipinski definition) is 5. The molecule has 0 aliphatic heterocycles. The summed E-state index contributed by atoms with van der Waals surface area (Å²) in [6.07, 6.45) is 8.02. The van der Waals surface area contributed by atoms with Gasteiger partial charge in [0, 0.05) is 33.3 Å². The van der Waals surface area contributed by atoms with E-state index in [1.807, 2.05) is 35.6 Å². The van der Waals surface area contributed by atoms with Gasteiger partial charge in [-0.25, -0.2) is 0 Å². The fourth-order valence-electron chi connectivity index (χ4n) is 6.22. The van der Waals surface area contributed by atoms with Crippen LogP contribution in [0, 0.1) is 3.57 Å². The smallest absolute Gasteiger partial charge is 0.260 e. The summed E-state index contributed by atoms with van der Waals surface area (Å²) in [5, 5.41) is 36.7. The first-order chi connectivity index (χ1) is 19.5. The highest BCUT2D eigenvalue weighted by molar-refractivity contribution is 14.1. The number of carbonyl (C=O) groups is 4. The molecule has 0 saturated carbocycles. The number of halogens is 1. The van der Waals surface area contributed by atoms with Crippen molar-refractivity contribution >= 4 is 62.6 Å². The number of phenols is 3. The van der Waals surface area contributed by atoms with Gasteiger partial charge in [-0.05, 0) is 60.1 Å². The first-order valence-corrected chi connectivity index (χ1v) is 13.7. The van der Waals surface area contributed by atoms with Crippen LogP contribution in [-0.4, -0.2) is 50.5 Å². The van der Waals surface area contributed by atoms with Gasteiger partial charge in [-0.1, -0.05) is 18.2 Å². The third-order valence-corrected chi connectivity index (χ3v) is 9.26. The Balaban J connectivity index is 1.62. The average Bonchev–Trinajstić information content (AvgIpc) is 3.45. The summed E-state index contributed by atoms with van der Waals surface area (Å²) in [6, 6.07) is 1.69. The summed E-state index contributed by atoms with van der Waals surface area (Å²) in [7, 11) is 1.39. The molecule has 1 atom stereocenters. The minimum Gasteiger partial charge on any atom is -0.507 e. The van der Waals surface area contributed by atoms with Crippen LogP contribution in [0.15, 0.2) is 40.9 Å². The number of likely N-dealkylation sites (N-methyl/N-ethyl adjacent to an activating group) is 1. The lowest BCUT2D eigenvalue weighted by Crippen LogP contribution is -2.36. The summed E-state index contributed by atoms with van der Waals surface area (Å²) < 4.78 is 0.562. The Morgan fingerprint density at radius 1 is 0.951 bits per heavy atom. The summed E-state index contributed by atoms with van der Waals surface area (Å²) in [4.78, 5) is 70.0. The van der Waals surface area contributed by atoms with Gasteiger partial charge in [0.15, 0.2) is 17.3 Å². The van der Waals surface area contributed by atoms with E-state index in [0.717, 1.165) is 6.08 Å². The quantitative estimate of drug-likeness (QED) is 0.121. The number of nitrogens with one attached hydrogen (secondary N) is 2. The van der Waals surface area contributed by atoms with Gasteiger partial charge < -0.3 is 25.6 Å². The third kappa shape index (κ3) is 3.26. The second-order valence-electron chi connectivity index (χ2n) is 10.0. The van der Waals surface area contributed by atoms with Crippen molar-refractivity contribution in [1.82, 2.24) is 10.3 Å². The standard InChI is InChI=1S/C30H21IN2O8/c1-3-4-5-6-11-9-13-16(29(41)33-11)26(38)21-12(22(13)31)7-8-30(21)27(39)19-20(28(30)40)25(37)18-17(24(19)36)15(34)10-14(32-2)23(18)35/h3-6,9-10,32,36-38H,7-8H2,1-2H3,(H,33,41)/b4-3+,6-5+/t30-/m0/s1. The second-order valence-corrected chi connectivity index (χ2v) is 11.1. The number of aromatic hydroxyl groups is 3. The van der Waals surface area contributed by atoms with E-state index in [9.17, 15) is 39.3 Å². The number of phenolic OH excluding ortho intramolecular Hbond substituents is 3. The normalized spacial score (nSPS) is 19.5. The molecule has 6 rings (SSSR count). The molecule has 3 aliphatic rings. The Kier molecular flexibility index (Phi) is 5.86. The van der Waals surface area contributed by atoms with Crippen LogP contribution in [0.25, 0.3) is 16.8 Å². The Labute approximate surface area is 245 Å². The maximum Gasteiger partial charge on any atom is 0.260 e. The fraction of sp³-hybridized carbons (Fsp3) is 0.167. The minimum atomic E-state index is -2.07. The number of pyridine rings is 1. The van der Waals surface area contributed by atoms with Crippen molar-refractivity contribution in [3.63, 3.8) is 0 Å². The van der Waals surface area contributed by atoms with Gasteiger partial charge in [0.05, 0.1) is 33.3 Å². The molecule has 3 aromatic rings. The molecular weight excluding hydrogens is 643 g/mol. The molecule has 0 amide bonds.